The summed E-state index contributed by atoms with van der Waals surface area (Å²) in [6.07, 6.45) is 1.73. The highest BCUT2D eigenvalue weighted by Crippen LogP contribution is 2.28. The van der Waals surface area contributed by atoms with Crippen LogP contribution in [0.5, 0.6) is 0 Å². The van der Waals surface area contributed by atoms with E-state index in [-0.39, 0.29) is 11.9 Å². The maximum absolute atomic E-state index is 13.7. The molecule has 0 fully saturated rings. The van der Waals surface area contributed by atoms with E-state index >= 15 is 0 Å². The third kappa shape index (κ3) is 2.19. The highest BCUT2D eigenvalue weighted by molar-refractivity contribution is 5.31. The van der Waals surface area contributed by atoms with Crippen molar-refractivity contribution < 1.29 is 9.13 Å². The van der Waals surface area contributed by atoms with Crippen LogP contribution in [0, 0.1) is 5.82 Å². The molecular weight excluding hydrogens is 193 g/mol. The summed E-state index contributed by atoms with van der Waals surface area (Å²) in [7, 11) is 1.86. The van der Waals surface area contributed by atoms with Gasteiger partial charge < -0.3 is 10.1 Å². The molecule has 0 aliphatic carbocycles. The van der Waals surface area contributed by atoms with Crippen molar-refractivity contribution in [2.24, 2.45) is 0 Å². The molecule has 82 valence electrons. The Hall–Kier alpha value is -0.930. The zero-order valence-corrected chi connectivity index (χ0v) is 8.92. The molecule has 0 radical (unpaired) electrons. The Morgan fingerprint density at radius 2 is 2.40 bits per heavy atom. The maximum atomic E-state index is 13.7. The Morgan fingerprint density at radius 3 is 3.20 bits per heavy atom. The number of ether oxygens (including phenoxy) is 1. The summed E-state index contributed by atoms with van der Waals surface area (Å²) >= 11 is 0. The van der Waals surface area contributed by atoms with Crippen molar-refractivity contribution in [3.63, 3.8) is 0 Å². The molecule has 1 aromatic rings. The third-order valence-corrected chi connectivity index (χ3v) is 2.76. The minimum absolute atomic E-state index is 0.144. The maximum Gasteiger partial charge on any atom is 0.129 e. The van der Waals surface area contributed by atoms with Crippen LogP contribution in [-0.4, -0.2) is 20.2 Å². The highest BCUT2D eigenvalue weighted by atomic mass is 19.1. The fourth-order valence-corrected chi connectivity index (χ4v) is 2.08. The van der Waals surface area contributed by atoms with Crippen molar-refractivity contribution >= 4 is 0 Å². The van der Waals surface area contributed by atoms with Crippen LogP contribution in [0.2, 0.25) is 0 Å². The van der Waals surface area contributed by atoms with Gasteiger partial charge in [0.05, 0.1) is 6.10 Å². The van der Waals surface area contributed by atoms with Gasteiger partial charge in [-0.1, -0.05) is 12.1 Å². The molecule has 1 aliphatic heterocycles. The third-order valence-electron chi connectivity index (χ3n) is 2.76. The van der Waals surface area contributed by atoms with Crippen LogP contribution in [0.25, 0.3) is 0 Å². The fourth-order valence-electron chi connectivity index (χ4n) is 2.08. The minimum atomic E-state index is -0.145. The quantitative estimate of drug-likeness (QED) is 0.805. The summed E-state index contributed by atoms with van der Waals surface area (Å²) < 4.78 is 19.4. The van der Waals surface area contributed by atoms with E-state index in [2.05, 4.69) is 5.32 Å². The number of nitrogens with one attached hydrogen (secondary N) is 1. The average Bonchev–Trinajstić information content (AvgIpc) is 2.42. The molecule has 0 saturated carbocycles. The number of aryl methyl sites for hydroxylation is 1. The van der Waals surface area contributed by atoms with E-state index in [1.165, 1.54) is 6.07 Å². The second kappa shape index (κ2) is 4.73. The molecule has 0 bridgehead atoms. The van der Waals surface area contributed by atoms with Gasteiger partial charge in [0.1, 0.15) is 5.82 Å². The number of halogens is 1. The standard InChI is InChI=1S/C12H16FNO/c1-14-8-11-12-9(5-3-7-15-11)4-2-6-10(12)13/h2,4,6,11,14H,3,5,7-8H2,1H3. The van der Waals surface area contributed by atoms with Crippen molar-refractivity contribution in [1.29, 1.82) is 0 Å². The van der Waals surface area contributed by atoms with Crippen LogP contribution in [0.1, 0.15) is 23.7 Å². The molecule has 3 heteroatoms. The van der Waals surface area contributed by atoms with Gasteiger partial charge in [-0.2, -0.15) is 0 Å². The first kappa shape index (κ1) is 10.6. The molecule has 1 aromatic carbocycles. The number of benzene rings is 1. The molecule has 15 heavy (non-hydrogen) atoms. The Morgan fingerprint density at radius 1 is 1.53 bits per heavy atom. The van der Waals surface area contributed by atoms with Crippen molar-refractivity contribution in [2.75, 3.05) is 20.2 Å². The number of hydrogen-bond donors (Lipinski definition) is 1. The zero-order valence-electron chi connectivity index (χ0n) is 8.92. The minimum Gasteiger partial charge on any atom is -0.372 e. The molecule has 0 aromatic heterocycles. The largest absolute Gasteiger partial charge is 0.372 e. The first-order valence-electron chi connectivity index (χ1n) is 5.36. The van der Waals surface area contributed by atoms with Gasteiger partial charge in [0.15, 0.2) is 0 Å². The summed E-state index contributed by atoms with van der Waals surface area (Å²) in [5.41, 5.74) is 1.83. The summed E-state index contributed by atoms with van der Waals surface area (Å²) in [4.78, 5) is 0. The predicted octanol–water partition coefficient (Wildman–Crippen LogP) is 2.05. The lowest BCUT2D eigenvalue weighted by Gasteiger charge is -2.18. The summed E-state index contributed by atoms with van der Waals surface area (Å²) in [6.45, 7) is 1.37. The molecule has 1 aliphatic rings. The topological polar surface area (TPSA) is 21.3 Å². The number of likely N-dealkylation sites (N-methyl/N-ethyl adjacent to an activating group) is 1. The van der Waals surface area contributed by atoms with Crippen molar-refractivity contribution in [1.82, 2.24) is 5.32 Å². The molecule has 1 N–H and O–H groups in total. The predicted molar refractivity (Wildman–Crippen MR) is 57.3 cm³/mol. The zero-order chi connectivity index (χ0) is 10.7. The second-order valence-corrected chi connectivity index (χ2v) is 3.83. The van der Waals surface area contributed by atoms with E-state index in [1.807, 2.05) is 13.1 Å². The van der Waals surface area contributed by atoms with Gasteiger partial charge in [0.2, 0.25) is 0 Å². The SMILES string of the molecule is CNCC1OCCCc2cccc(F)c21. The van der Waals surface area contributed by atoms with E-state index in [0.29, 0.717) is 13.2 Å². The molecule has 0 saturated heterocycles. The van der Waals surface area contributed by atoms with Gasteiger partial charge in [-0.25, -0.2) is 4.39 Å². The lowest BCUT2D eigenvalue weighted by Crippen LogP contribution is -2.20. The normalized spacial score (nSPS) is 20.8. The Kier molecular flexibility index (Phi) is 3.34. The van der Waals surface area contributed by atoms with Crippen LogP contribution in [-0.2, 0) is 11.2 Å². The Balaban J connectivity index is 2.37. The average molecular weight is 209 g/mol. The molecule has 1 atom stereocenters. The summed E-state index contributed by atoms with van der Waals surface area (Å²) in [5, 5.41) is 3.04. The van der Waals surface area contributed by atoms with Crippen LogP contribution >= 0.6 is 0 Å². The van der Waals surface area contributed by atoms with Crippen molar-refractivity contribution in [3.05, 3.63) is 35.1 Å². The lowest BCUT2D eigenvalue weighted by molar-refractivity contribution is 0.0556. The van der Waals surface area contributed by atoms with Gasteiger partial charge in [0, 0.05) is 18.7 Å². The van der Waals surface area contributed by atoms with Gasteiger partial charge in [-0.3, -0.25) is 0 Å². The molecule has 2 nitrogen and oxygen atoms in total. The van der Waals surface area contributed by atoms with E-state index in [4.69, 9.17) is 4.74 Å². The second-order valence-electron chi connectivity index (χ2n) is 3.83. The first-order chi connectivity index (χ1) is 7.33. The van der Waals surface area contributed by atoms with Crippen molar-refractivity contribution in [3.8, 4) is 0 Å². The molecule has 0 amide bonds. The van der Waals surface area contributed by atoms with Crippen LogP contribution in [0.15, 0.2) is 18.2 Å². The van der Waals surface area contributed by atoms with Gasteiger partial charge in [-0.05, 0) is 31.5 Å². The smallest absolute Gasteiger partial charge is 0.129 e. The van der Waals surface area contributed by atoms with E-state index < -0.39 is 0 Å². The van der Waals surface area contributed by atoms with Gasteiger partial charge in [0.25, 0.3) is 0 Å². The number of hydrogen-bond acceptors (Lipinski definition) is 2. The molecule has 1 heterocycles. The number of rotatable bonds is 2. The summed E-state index contributed by atoms with van der Waals surface area (Å²) in [5.74, 6) is -0.144. The van der Waals surface area contributed by atoms with E-state index in [9.17, 15) is 4.39 Å². The van der Waals surface area contributed by atoms with Crippen molar-refractivity contribution in [2.45, 2.75) is 18.9 Å². The number of fused-ring (bicyclic) bond motifs is 1. The lowest BCUT2D eigenvalue weighted by atomic mass is 9.99. The van der Waals surface area contributed by atoms with Crippen LogP contribution < -0.4 is 5.32 Å². The first-order valence-corrected chi connectivity index (χ1v) is 5.36. The summed E-state index contributed by atoms with van der Waals surface area (Å²) in [6, 6.07) is 5.28. The van der Waals surface area contributed by atoms with Crippen LogP contribution in [0.4, 0.5) is 4.39 Å². The highest BCUT2D eigenvalue weighted by Gasteiger charge is 2.21. The molecule has 1 unspecified atom stereocenters. The van der Waals surface area contributed by atoms with Gasteiger partial charge in [-0.15, -0.1) is 0 Å². The van der Waals surface area contributed by atoms with Crippen LogP contribution in [0.3, 0.4) is 0 Å². The monoisotopic (exact) mass is 209 g/mol. The van der Waals surface area contributed by atoms with E-state index in [1.54, 1.807) is 6.07 Å². The Labute approximate surface area is 89.4 Å². The molecule has 2 rings (SSSR count). The Bertz CT molecular complexity index is 340. The van der Waals surface area contributed by atoms with E-state index in [0.717, 1.165) is 24.0 Å². The molecular formula is C12H16FNO. The van der Waals surface area contributed by atoms with Gasteiger partial charge >= 0.3 is 0 Å². The fraction of sp³-hybridized carbons (Fsp3) is 0.500. The molecule has 0 spiro atoms.